The molecule has 1 N–H and O–H groups in total. The fourth-order valence-electron chi connectivity index (χ4n) is 2.97. The zero-order valence-electron chi connectivity index (χ0n) is 14.1. The molecule has 0 aromatic heterocycles. The molecule has 0 radical (unpaired) electrons. The second-order valence-corrected chi connectivity index (χ2v) is 6.84. The Kier molecular flexibility index (Phi) is 4.84. The maximum absolute atomic E-state index is 13.1. The molecule has 0 spiro atoms. The Morgan fingerprint density at radius 1 is 0.889 bits per heavy atom. The summed E-state index contributed by atoms with van der Waals surface area (Å²) in [4.78, 5) is 13.1. The highest BCUT2D eigenvalue weighted by atomic mass is 35.5. The number of benzene rings is 3. The van der Waals surface area contributed by atoms with Gasteiger partial charge in [0.2, 0.25) is 0 Å². The van der Waals surface area contributed by atoms with E-state index in [2.05, 4.69) is 10.4 Å². The lowest BCUT2D eigenvalue weighted by Crippen LogP contribution is -2.39. The summed E-state index contributed by atoms with van der Waals surface area (Å²) in [6, 6.07) is 22.1. The fourth-order valence-corrected chi connectivity index (χ4v) is 3.40. The molecule has 0 saturated heterocycles. The summed E-state index contributed by atoms with van der Waals surface area (Å²) in [5.74, 6) is -0.211. The van der Waals surface area contributed by atoms with Crippen molar-refractivity contribution >= 4 is 41.0 Å². The van der Waals surface area contributed by atoms with Crippen LogP contribution in [0.15, 0.2) is 77.9 Å². The highest BCUT2D eigenvalue weighted by molar-refractivity contribution is 6.33. The molecule has 1 heterocycles. The van der Waals surface area contributed by atoms with E-state index < -0.39 is 6.17 Å². The Bertz CT molecular complexity index is 1040. The van der Waals surface area contributed by atoms with Crippen LogP contribution in [0.25, 0.3) is 0 Å². The van der Waals surface area contributed by atoms with Gasteiger partial charge in [0.1, 0.15) is 0 Å². The predicted octanol–water partition coefficient (Wildman–Crippen LogP) is 5.59. The molecule has 134 valence electrons. The van der Waals surface area contributed by atoms with Crippen LogP contribution in [0.3, 0.4) is 0 Å². The number of hydrogen-bond donors (Lipinski definition) is 1. The SMILES string of the molecule is O=C1c2ccccc2N[C@H](c2ccccc2Cl)N1/N=C\c1ccccc1Cl. The standard InChI is InChI=1S/C21H15Cl2N3O/c22-17-10-4-1-7-14(17)13-24-26-20(15-8-2-5-11-18(15)23)25-19-12-6-3-9-16(19)21(26)27/h1-13,20,25H/b24-13-/t20-/m0/s1. The Hall–Kier alpha value is -2.82. The number of carbonyl (C=O) groups is 1. The van der Waals surface area contributed by atoms with Crippen molar-refractivity contribution in [2.24, 2.45) is 5.10 Å². The van der Waals surface area contributed by atoms with Crippen LogP contribution in [0.5, 0.6) is 0 Å². The first-order valence-electron chi connectivity index (χ1n) is 8.37. The Labute approximate surface area is 167 Å². The molecule has 6 heteroatoms. The summed E-state index contributed by atoms with van der Waals surface area (Å²) in [5.41, 5.74) is 2.79. The van der Waals surface area contributed by atoms with Gasteiger partial charge >= 0.3 is 0 Å². The number of fused-ring (bicyclic) bond motifs is 1. The van der Waals surface area contributed by atoms with Gasteiger partial charge in [0, 0.05) is 26.9 Å². The molecule has 0 saturated carbocycles. The van der Waals surface area contributed by atoms with E-state index in [0.717, 1.165) is 16.8 Å². The first-order chi connectivity index (χ1) is 13.1. The number of nitrogens with one attached hydrogen (secondary N) is 1. The van der Waals surface area contributed by atoms with Gasteiger partial charge in [-0.15, -0.1) is 0 Å². The number of carbonyl (C=O) groups excluding carboxylic acids is 1. The van der Waals surface area contributed by atoms with Crippen molar-refractivity contribution in [3.63, 3.8) is 0 Å². The number of para-hydroxylation sites is 1. The average Bonchev–Trinajstić information content (AvgIpc) is 2.69. The third-order valence-corrected chi connectivity index (χ3v) is 5.02. The van der Waals surface area contributed by atoms with E-state index in [9.17, 15) is 4.79 Å². The summed E-state index contributed by atoms with van der Waals surface area (Å²) in [7, 11) is 0. The zero-order valence-corrected chi connectivity index (χ0v) is 15.7. The van der Waals surface area contributed by atoms with Gasteiger partial charge in [-0.25, -0.2) is 5.01 Å². The monoisotopic (exact) mass is 395 g/mol. The average molecular weight is 396 g/mol. The number of amides is 1. The van der Waals surface area contributed by atoms with Crippen LogP contribution in [0.4, 0.5) is 5.69 Å². The van der Waals surface area contributed by atoms with Gasteiger partial charge in [-0.05, 0) is 24.3 Å². The van der Waals surface area contributed by atoms with Crippen molar-refractivity contribution in [2.75, 3.05) is 5.32 Å². The third-order valence-electron chi connectivity index (χ3n) is 4.33. The molecule has 3 aromatic rings. The van der Waals surface area contributed by atoms with Crippen LogP contribution in [0, 0.1) is 0 Å². The number of anilines is 1. The molecule has 1 aliphatic heterocycles. The van der Waals surface area contributed by atoms with Crippen LogP contribution < -0.4 is 5.32 Å². The zero-order chi connectivity index (χ0) is 18.8. The first kappa shape index (κ1) is 17.6. The van der Waals surface area contributed by atoms with Crippen molar-refractivity contribution in [1.82, 2.24) is 5.01 Å². The van der Waals surface area contributed by atoms with Crippen molar-refractivity contribution < 1.29 is 4.79 Å². The van der Waals surface area contributed by atoms with E-state index in [0.29, 0.717) is 15.6 Å². The molecular formula is C21H15Cl2N3O. The first-order valence-corrected chi connectivity index (χ1v) is 9.13. The summed E-state index contributed by atoms with van der Waals surface area (Å²) in [5, 5.41) is 10.3. The smallest absolute Gasteiger partial charge is 0.278 e. The van der Waals surface area contributed by atoms with Crippen LogP contribution in [-0.4, -0.2) is 17.1 Å². The maximum atomic E-state index is 13.1. The van der Waals surface area contributed by atoms with Gasteiger partial charge < -0.3 is 5.32 Å². The van der Waals surface area contributed by atoms with Gasteiger partial charge in [0.25, 0.3) is 5.91 Å². The van der Waals surface area contributed by atoms with Gasteiger partial charge in [0.15, 0.2) is 6.17 Å². The Morgan fingerprint density at radius 2 is 1.56 bits per heavy atom. The Morgan fingerprint density at radius 3 is 2.33 bits per heavy atom. The molecule has 0 aliphatic carbocycles. The van der Waals surface area contributed by atoms with Crippen molar-refractivity contribution in [3.8, 4) is 0 Å². The van der Waals surface area contributed by atoms with E-state index in [1.54, 1.807) is 24.4 Å². The van der Waals surface area contributed by atoms with E-state index in [4.69, 9.17) is 23.2 Å². The molecular weight excluding hydrogens is 381 g/mol. The van der Waals surface area contributed by atoms with Crippen LogP contribution in [0.2, 0.25) is 10.0 Å². The van der Waals surface area contributed by atoms with Crippen molar-refractivity contribution in [2.45, 2.75) is 6.17 Å². The minimum Gasteiger partial charge on any atom is -0.359 e. The molecule has 4 rings (SSSR count). The molecule has 1 atom stereocenters. The van der Waals surface area contributed by atoms with E-state index in [1.807, 2.05) is 54.6 Å². The molecule has 3 aromatic carbocycles. The van der Waals surface area contributed by atoms with Gasteiger partial charge in [-0.3, -0.25) is 4.79 Å². The van der Waals surface area contributed by atoms with E-state index >= 15 is 0 Å². The van der Waals surface area contributed by atoms with Crippen LogP contribution >= 0.6 is 23.2 Å². The second-order valence-electron chi connectivity index (χ2n) is 6.03. The summed E-state index contributed by atoms with van der Waals surface area (Å²) >= 11 is 12.6. The minimum atomic E-state index is -0.528. The van der Waals surface area contributed by atoms with Gasteiger partial charge in [-0.1, -0.05) is 71.7 Å². The number of rotatable bonds is 3. The highest BCUT2D eigenvalue weighted by Gasteiger charge is 2.33. The molecule has 27 heavy (non-hydrogen) atoms. The molecule has 1 amide bonds. The summed E-state index contributed by atoms with van der Waals surface area (Å²) < 4.78 is 0. The molecule has 1 aliphatic rings. The lowest BCUT2D eigenvalue weighted by Gasteiger charge is -2.35. The minimum absolute atomic E-state index is 0.211. The largest absolute Gasteiger partial charge is 0.359 e. The predicted molar refractivity (Wildman–Crippen MR) is 109 cm³/mol. The molecule has 4 nitrogen and oxygen atoms in total. The van der Waals surface area contributed by atoms with E-state index in [1.165, 1.54) is 5.01 Å². The van der Waals surface area contributed by atoms with Gasteiger partial charge in [-0.2, -0.15) is 5.10 Å². The fraction of sp³-hybridized carbons (Fsp3) is 0.0476. The van der Waals surface area contributed by atoms with Crippen LogP contribution in [-0.2, 0) is 0 Å². The van der Waals surface area contributed by atoms with Crippen molar-refractivity contribution in [1.29, 1.82) is 0 Å². The molecule has 0 unspecified atom stereocenters. The highest BCUT2D eigenvalue weighted by Crippen LogP contribution is 2.35. The van der Waals surface area contributed by atoms with E-state index in [-0.39, 0.29) is 5.91 Å². The number of hydrazone groups is 1. The topological polar surface area (TPSA) is 44.7 Å². The second kappa shape index (κ2) is 7.43. The molecule has 0 bridgehead atoms. The van der Waals surface area contributed by atoms with Crippen molar-refractivity contribution in [3.05, 3.63) is 99.5 Å². The Balaban J connectivity index is 1.79. The lowest BCUT2D eigenvalue weighted by molar-refractivity contribution is 0.0691. The number of halogens is 2. The number of nitrogens with zero attached hydrogens (tertiary/aromatic N) is 2. The maximum Gasteiger partial charge on any atom is 0.278 e. The van der Waals surface area contributed by atoms with Crippen LogP contribution in [0.1, 0.15) is 27.7 Å². The summed E-state index contributed by atoms with van der Waals surface area (Å²) in [6.45, 7) is 0. The molecule has 0 fully saturated rings. The van der Waals surface area contributed by atoms with Gasteiger partial charge in [0.05, 0.1) is 11.8 Å². The summed E-state index contributed by atoms with van der Waals surface area (Å²) in [6.07, 6.45) is 1.06. The normalized spacial score (nSPS) is 16.3. The third kappa shape index (κ3) is 3.42. The lowest BCUT2D eigenvalue weighted by atomic mass is 10.1. The number of hydrogen-bond acceptors (Lipinski definition) is 3. The quantitative estimate of drug-likeness (QED) is 0.587.